The summed E-state index contributed by atoms with van der Waals surface area (Å²) in [4.78, 5) is 58.3. The summed E-state index contributed by atoms with van der Waals surface area (Å²) in [7, 11) is 0. The van der Waals surface area contributed by atoms with Gasteiger partial charge in [-0.15, -0.1) is 0 Å². The summed E-state index contributed by atoms with van der Waals surface area (Å²) in [5.74, 6) is -3.79. The van der Waals surface area contributed by atoms with Gasteiger partial charge in [-0.2, -0.15) is 0 Å². The number of ketones is 1. The van der Waals surface area contributed by atoms with Crippen LogP contribution in [0.3, 0.4) is 0 Å². The largest absolute Gasteiger partial charge is 0.297 e. The SMILES string of the molecule is O=C1[C@H]2[C@H](C(=O)N1c1ccc([N+](=O)[O-])cc1Br)[C@@]1(c3ccc(Cl)cc3)C(=O)[C@@]2(c2ccc(Cl)cc2)C(c2ccccc2)=C1c1ccccc1. The molecule has 5 aromatic carbocycles. The first-order chi connectivity index (χ1) is 23.6. The van der Waals surface area contributed by atoms with Crippen LogP contribution < -0.4 is 4.90 Å². The predicted molar refractivity (Wildman–Crippen MR) is 191 cm³/mol. The van der Waals surface area contributed by atoms with Gasteiger partial charge in [0.05, 0.1) is 33.3 Å². The summed E-state index contributed by atoms with van der Waals surface area (Å²) in [6.07, 6.45) is 0. The van der Waals surface area contributed by atoms with Crippen LogP contribution in [0.1, 0.15) is 22.3 Å². The van der Waals surface area contributed by atoms with E-state index in [2.05, 4.69) is 15.9 Å². The fourth-order valence-corrected chi connectivity index (χ4v) is 9.18. The van der Waals surface area contributed by atoms with E-state index in [-0.39, 0.29) is 21.6 Å². The molecule has 2 fully saturated rings. The molecule has 10 heteroatoms. The van der Waals surface area contributed by atoms with Crippen molar-refractivity contribution in [3.05, 3.63) is 174 Å². The van der Waals surface area contributed by atoms with E-state index in [1.165, 1.54) is 18.2 Å². The van der Waals surface area contributed by atoms with E-state index < -0.39 is 39.4 Å². The highest BCUT2D eigenvalue weighted by atomic mass is 79.9. The van der Waals surface area contributed by atoms with Gasteiger partial charge in [0.1, 0.15) is 0 Å². The number of Topliss-reactive ketones (excluding diaryl/α,β-unsaturated/α-hetero) is 1. The minimum Gasteiger partial charge on any atom is -0.297 e. The molecule has 8 rings (SSSR count). The van der Waals surface area contributed by atoms with E-state index in [4.69, 9.17) is 23.2 Å². The molecule has 0 aromatic heterocycles. The van der Waals surface area contributed by atoms with Crippen molar-refractivity contribution in [2.45, 2.75) is 10.8 Å². The highest BCUT2D eigenvalue weighted by Crippen LogP contribution is 2.74. The predicted octanol–water partition coefficient (Wildman–Crippen LogP) is 8.85. The number of nitro benzene ring substituents is 1. The molecule has 2 bridgehead atoms. The Balaban J connectivity index is 1.53. The van der Waals surface area contributed by atoms with E-state index in [0.717, 1.165) is 16.0 Å². The Morgan fingerprint density at radius 2 is 1.06 bits per heavy atom. The maximum atomic E-state index is 16.0. The number of hydrogen-bond donors (Lipinski definition) is 0. The zero-order chi connectivity index (χ0) is 34.2. The second kappa shape index (κ2) is 11.3. The number of rotatable bonds is 6. The van der Waals surface area contributed by atoms with Crippen LogP contribution in [0, 0.1) is 22.0 Å². The molecule has 2 amide bonds. The standard InChI is InChI=1S/C39H23BrCl2N2O5/c40-29-21-28(44(48)49)19-20-30(29)43-35(45)33-34(36(43)46)39(25-13-17-27(42)18-14-25)32(23-9-5-2-6-10-23)31(22-7-3-1-4-8-22)38(33,37(39)47)24-11-15-26(41)16-12-24/h1-21,33-34H/t33-,34-,38+,39+/m1/s1. The number of fused-ring (bicyclic) bond motifs is 5. The maximum absolute atomic E-state index is 16.0. The van der Waals surface area contributed by atoms with Crippen LogP contribution in [-0.2, 0) is 25.2 Å². The lowest BCUT2D eigenvalue weighted by atomic mass is 9.59. The Morgan fingerprint density at radius 3 is 1.45 bits per heavy atom. The maximum Gasteiger partial charge on any atom is 0.270 e. The minimum atomic E-state index is -1.63. The number of carbonyl (C=O) groups excluding carboxylic acids is 3. The number of imide groups is 1. The van der Waals surface area contributed by atoms with Gasteiger partial charge in [0.25, 0.3) is 5.69 Å². The summed E-state index contributed by atoms with van der Waals surface area (Å²) < 4.78 is 0.197. The molecular formula is C39H23BrCl2N2O5. The first kappa shape index (κ1) is 31.4. The quantitative estimate of drug-likeness (QED) is 0.0982. The Hall–Kier alpha value is -4.89. The molecule has 1 saturated heterocycles. The summed E-state index contributed by atoms with van der Waals surface area (Å²) in [6, 6.07) is 36.6. The molecule has 0 N–H and O–H groups in total. The van der Waals surface area contributed by atoms with Crippen LogP contribution in [0.25, 0.3) is 11.1 Å². The lowest BCUT2D eigenvalue weighted by molar-refractivity contribution is -0.384. The molecule has 7 nitrogen and oxygen atoms in total. The smallest absolute Gasteiger partial charge is 0.270 e. The van der Waals surface area contributed by atoms with E-state index >= 15 is 14.4 Å². The van der Waals surface area contributed by atoms with Crippen molar-refractivity contribution in [1.29, 1.82) is 0 Å². The second-order valence-corrected chi connectivity index (χ2v) is 14.0. The Morgan fingerprint density at radius 1 is 0.633 bits per heavy atom. The lowest BCUT2D eigenvalue weighted by Crippen LogP contribution is -2.45. The van der Waals surface area contributed by atoms with E-state index in [1.54, 1.807) is 48.5 Å². The van der Waals surface area contributed by atoms with Crippen molar-refractivity contribution in [2.75, 3.05) is 4.90 Å². The third-order valence-electron chi connectivity index (χ3n) is 10.1. The van der Waals surface area contributed by atoms with Gasteiger partial charge in [-0.1, -0.05) is 108 Å². The van der Waals surface area contributed by atoms with Crippen molar-refractivity contribution in [1.82, 2.24) is 0 Å². The molecule has 4 atom stereocenters. The molecule has 0 spiro atoms. The fraction of sp³-hybridized carbons (Fsp3) is 0.103. The number of halogens is 3. The van der Waals surface area contributed by atoms with Crippen LogP contribution in [0.5, 0.6) is 0 Å². The summed E-state index contributed by atoms with van der Waals surface area (Å²) in [5.41, 5.74) is 0.477. The third kappa shape index (κ3) is 4.17. The Kier molecular flexibility index (Phi) is 7.26. The van der Waals surface area contributed by atoms with Crippen molar-refractivity contribution >= 4 is 79.3 Å². The highest BCUT2D eigenvalue weighted by molar-refractivity contribution is 9.10. The van der Waals surface area contributed by atoms with Gasteiger partial charge in [0.2, 0.25) is 11.8 Å². The van der Waals surface area contributed by atoms with Gasteiger partial charge in [-0.25, -0.2) is 4.90 Å². The van der Waals surface area contributed by atoms with Gasteiger partial charge >= 0.3 is 0 Å². The normalized spacial score (nSPS) is 24.1. The van der Waals surface area contributed by atoms with E-state index in [1.807, 2.05) is 60.7 Å². The van der Waals surface area contributed by atoms with Crippen LogP contribution in [0.15, 0.2) is 132 Å². The number of hydrogen-bond acceptors (Lipinski definition) is 5. The van der Waals surface area contributed by atoms with Crippen molar-refractivity contribution in [3.63, 3.8) is 0 Å². The van der Waals surface area contributed by atoms with Crippen LogP contribution >= 0.6 is 39.1 Å². The fourth-order valence-electron chi connectivity index (χ4n) is 8.39. The number of benzene rings is 5. The molecule has 1 heterocycles. The molecule has 3 aliphatic rings. The molecule has 1 aliphatic heterocycles. The molecule has 2 aliphatic carbocycles. The van der Waals surface area contributed by atoms with Gasteiger partial charge in [0, 0.05) is 26.7 Å². The van der Waals surface area contributed by atoms with E-state index in [9.17, 15) is 10.1 Å². The highest BCUT2D eigenvalue weighted by Gasteiger charge is 2.82. The first-order valence-electron chi connectivity index (χ1n) is 15.4. The number of allylic oxidation sites excluding steroid dienone is 2. The molecule has 0 unspecified atom stereocenters. The Labute approximate surface area is 299 Å². The third-order valence-corrected chi connectivity index (χ3v) is 11.2. The van der Waals surface area contributed by atoms with Gasteiger partial charge < -0.3 is 0 Å². The molecular weight excluding hydrogens is 727 g/mol. The first-order valence-corrected chi connectivity index (χ1v) is 16.9. The summed E-state index contributed by atoms with van der Waals surface area (Å²) in [6.45, 7) is 0. The van der Waals surface area contributed by atoms with Gasteiger partial charge in [-0.05, 0) is 79.7 Å². The van der Waals surface area contributed by atoms with Crippen molar-refractivity contribution in [2.24, 2.45) is 11.8 Å². The number of amides is 2. The number of nitrogens with zero attached hydrogens (tertiary/aromatic N) is 2. The van der Waals surface area contributed by atoms with Gasteiger partial charge in [-0.3, -0.25) is 24.5 Å². The number of carbonyl (C=O) groups is 3. The Bertz CT molecular complexity index is 2130. The monoisotopic (exact) mass is 748 g/mol. The van der Waals surface area contributed by atoms with E-state index in [0.29, 0.717) is 32.3 Å². The average Bonchev–Trinajstić information content (AvgIpc) is 3.61. The minimum absolute atomic E-state index is 0.155. The summed E-state index contributed by atoms with van der Waals surface area (Å²) >= 11 is 16.2. The molecule has 5 aromatic rings. The number of anilines is 1. The lowest BCUT2D eigenvalue weighted by Gasteiger charge is -2.39. The zero-order valence-corrected chi connectivity index (χ0v) is 28.4. The molecule has 1 saturated carbocycles. The molecule has 0 radical (unpaired) electrons. The summed E-state index contributed by atoms with van der Waals surface area (Å²) in [5, 5.41) is 12.5. The van der Waals surface area contributed by atoms with Crippen LogP contribution in [0.4, 0.5) is 11.4 Å². The number of nitro groups is 1. The van der Waals surface area contributed by atoms with Crippen LogP contribution in [0.2, 0.25) is 10.0 Å². The van der Waals surface area contributed by atoms with Crippen LogP contribution in [-0.4, -0.2) is 22.5 Å². The zero-order valence-electron chi connectivity index (χ0n) is 25.3. The molecule has 49 heavy (non-hydrogen) atoms. The average molecular weight is 750 g/mol. The van der Waals surface area contributed by atoms with Gasteiger partial charge in [0.15, 0.2) is 5.78 Å². The topological polar surface area (TPSA) is 97.6 Å². The van der Waals surface area contributed by atoms with Crippen molar-refractivity contribution < 1.29 is 19.3 Å². The second-order valence-electron chi connectivity index (χ2n) is 12.3. The van der Waals surface area contributed by atoms with Crippen molar-refractivity contribution in [3.8, 4) is 0 Å². The molecule has 240 valence electrons. The number of non-ortho nitro benzene ring substituents is 1.